The van der Waals surface area contributed by atoms with Crippen LogP contribution in [0.1, 0.15) is 29.1 Å². The zero-order chi connectivity index (χ0) is 23.7. The highest BCUT2D eigenvalue weighted by Crippen LogP contribution is 2.41. The summed E-state index contributed by atoms with van der Waals surface area (Å²) in [5, 5.41) is 5.99. The maximum Gasteiger partial charge on any atom is 0.268 e. The van der Waals surface area contributed by atoms with Gasteiger partial charge in [0.05, 0.1) is 24.7 Å². The number of fused-ring (bicyclic) bond motifs is 1. The van der Waals surface area contributed by atoms with Gasteiger partial charge in [0.1, 0.15) is 11.4 Å². The van der Waals surface area contributed by atoms with Gasteiger partial charge in [-0.05, 0) is 54.1 Å². The molecular weight excluding hydrogens is 437 g/mol. The van der Waals surface area contributed by atoms with Gasteiger partial charge >= 0.3 is 0 Å². The number of aromatic amines is 1. The molecule has 0 radical (unpaired) electrons. The monoisotopic (exact) mass is 459 g/mol. The normalized spacial score (nSPS) is 15.0. The molecule has 1 amide bonds. The molecule has 0 saturated carbocycles. The number of hydrogen-bond donors (Lipinski definition) is 2. The van der Waals surface area contributed by atoms with Crippen molar-refractivity contribution in [3.8, 4) is 28.1 Å². The number of benzene rings is 2. The highest BCUT2D eigenvalue weighted by atomic mass is 19.1. The fourth-order valence-corrected chi connectivity index (χ4v) is 4.45. The van der Waals surface area contributed by atoms with Crippen LogP contribution in [-0.2, 0) is 6.42 Å². The van der Waals surface area contributed by atoms with Crippen molar-refractivity contribution in [1.29, 1.82) is 0 Å². The smallest absolute Gasteiger partial charge is 0.268 e. The molecule has 3 heterocycles. The SMILES string of the molecule is CCOc1ccc(-c2c(-c3cccc(N=O)c3)cc3n2[C@@H](Cc2cnc[nH]2)CNC3=O)cc1F. The van der Waals surface area contributed by atoms with Gasteiger partial charge < -0.3 is 19.6 Å². The highest BCUT2D eigenvalue weighted by molar-refractivity contribution is 5.99. The summed E-state index contributed by atoms with van der Waals surface area (Å²) in [6.45, 7) is 2.54. The van der Waals surface area contributed by atoms with Gasteiger partial charge in [-0.25, -0.2) is 9.37 Å². The zero-order valence-corrected chi connectivity index (χ0v) is 18.4. The van der Waals surface area contributed by atoms with Crippen molar-refractivity contribution in [3.63, 3.8) is 0 Å². The molecule has 0 fully saturated rings. The Morgan fingerprint density at radius 3 is 2.82 bits per heavy atom. The first-order chi connectivity index (χ1) is 16.6. The molecule has 5 rings (SSSR count). The summed E-state index contributed by atoms with van der Waals surface area (Å²) in [6.07, 6.45) is 3.94. The van der Waals surface area contributed by atoms with Gasteiger partial charge in [0, 0.05) is 36.0 Å². The van der Waals surface area contributed by atoms with Crippen LogP contribution in [0.5, 0.6) is 5.75 Å². The van der Waals surface area contributed by atoms with Crippen LogP contribution in [0.2, 0.25) is 0 Å². The molecule has 2 aromatic carbocycles. The predicted molar refractivity (Wildman–Crippen MR) is 126 cm³/mol. The second kappa shape index (κ2) is 8.93. The number of carbonyl (C=O) groups is 1. The van der Waals surface area contributed by atoms with Gasteiger partial charge in [-0.15, -0.1) is 4.91 Å². The van der Waals surface area contributed by atoms with Crippen molar-refractivity contribution < 1.29 is 13.9 Å². The molecule has 0 saturated heterocycles. The maximum absolute atomic E-state index is 14.9. The number of rotatable bonds is 7. The van der Waals surface area contributed by atoms with Crippen LogP contribution in [0.3, 0.4) is 0 Å². The Kier molecular flexibility index (Phi) is 5.67. The number of imidazole rings is 1. The van der Waals surface area contributed by atoms with Crippen molar-refractivity contribution in [2.75, 3.05) is 13.2 Å². The number of ether oxygens (including phenoxy) is 1. The Bertz CT molecular complexity index is 1360. The van der Waals surface area contributed by atoms with Crippen LogP contribution >= 0.6 is 0 Å². The van der Waals surface area contributed by atoms with Crippen molar-refractivity contribution in [2.24, 2.45) is 5.18 Å². The van der Waals surface area contributed by atoms with Crippen LogP contribution in [-0.4, -0.2) is 33.6 Å². The third-order valence-corrected chi connectivity index (χ3v) is 5.91. The largest absolute Gasteiger partial charge is 0.491 e. The molecule has 0 unspecified atom stereocenters. The lowest BCUT2D eigenvalue weighted by atomic mass is 10.00. The number of aromatic nitrogens is 3. The lowest BCUT2D eigenvalue weighted by Crippen LogP contribution is -2.39. The number of carbonyl (C=O) groups excluding carboxylic acids is 1. The first kappa shape index (κ1) is 21.6. The Morgan fingerprint density at radius 2 is 2.09 bits per heavy atom. The van der Waals surface area contributed by atoms with Crippen LogP contribution in [0, 0.1) is 10.7 Å². The lowest BCUT2D eigenvalue weighted by molar-refractivity contribution is 0.0915. The first-order valence-electron chi connectivity index (χ1n) is 11.0. The number of nitrogens with zero attached hydrogens (tertiary/aromatic N) is 3. The molecule has 1 aliphatic heterocycles. The number of halogens is 1. The number of nitroso groups, excluding NO2 is 1. The molecule has 34 heavy (non-hydrogen) atoms. The number of amides is 1. The fraction of sp³-hybridized carbons (Fsp3) is 0.200. The van der Waals surface area contributed by atoms with Crippen molar-refractivity contribution in [2.45, 2.75) is 19.4 Å². The summed E-state index contributed by atoms with van der Waals surface area (Å²) in [4.78, 5) is 31.3. The van der Waals surface area contributed by atoms with Crippen LogP contribution in [0.4, 0.5) is 10.1 Å². The highest BCUT2D eigenvalue weighted by Gasteiger charge is 2.31. The molecule has 0 aliphatic carbocycles. The van der Waals surface area contributed by atoms with E-state index in [0.717, 1.165) is 5.69 Å². The van der Waals surface area contributed by atoms with Crippen molar-refractivity contribution in [1.82, 2.24) is 19.9 Å². The van der Waals surface area contributed by atoms with Crippen LogP contribution in [0.15, 0.2) is 66.2 Å². The second-order valence-electron chi connectivity index (χ2n) is 8.03. The molecule has 2 N–H and O–H groups in total. The minimum atomic E-state index is -0.491. The van der Waals surface area contributed by atoms with E-state index in [2.05, 4.69) is 20.5 Å². The molecule has 4 aromatic rings. The summed E-state index contributed by atoms with van der Waals surface area (Å²) in [5.74, 6) is -0.545. The third-order valence-electron chi connectivity index (χ3n) is 5.91. The molecule has 0 spiro atoms. The maximum atomic E-state index is 14.9. The Morgan fingerprint density at radius 1 is 1.21 bits per heavy atom. The molecule has 1 atom stereocenters. The van der Waals surface area contributed by atoms with Gasteiger partial charge in [0.15, 0.2) is 11.6 Å². The van der Waals surface area contributed by atoms with Gasteiger partial charge in [-0.3, -0.25) is 4.79 Å². The van der Waals surface area contributed by atoms with E-state index >= 15 is 0 Å². The minimum Gasteiger partial charge on any atom is -0.491 e. The van der Waals surface area contributed by atoms with Crippen molar-refractivity contribution >= 4 is 11.6 Å². The van der Waals surface area contributed by atoms with E-state index in [1.54, 1.807) is 55.8 Å². The molecule has 2 aromatic heterocycles. The van der Waals surface area contributed by atoms with E-state index in [9.17, 15) is 14.1 Å². The molecule has 9 heteroatoms. The van der Waals surface area contributed by atoms with Gasteiger partial charge in [-0.2, -0.15) is 0 Å². The minimum absolute atomic E-state index is 0.140. The molecule has 8 nitrogen and oxygen atoms in total. The van der Waals surface area contributed by atoms with Crippen LogP contribution in [0.25, 0.3) is 22.4 Å². The second-order valence-corrected chi connectivity index (χ2v) is 8.03. The summed E-state index contributed by atoms with van der Waals surface area (Å²) in [7, 11) is 0. The number of hydrogen-bond acceptors (Lipinski definition) is 5. The summed E-state index contributed by atoms with van der Waals surface area (Å²) < 4.78 is 22.2. The molecular formula is C25H22FN5O3. The van der Waals surface area contributed by atoms with Gasteiger partial charge in [-0.1, -0.05) is 12.1 Å². The van der Waals surface area contributed by atoms with E-state index in [-0.39, 0.29) is 23.4 Å². The molecule has 1 aliphatic rings. The summed E-state index contributed by atoms with van der Waals surface area (Å²) in [5.41, 5.74) is 4.32. The van der Waals surface area contributed by atoms with Crippen LogP contribution < -0.4 is 10.1 Å². The topological polar surface area (TPSA) is 101 Å². The molecule has 172 valence electrons. The van der Waals surface area contributed by atoms with E-state index in [0.29, 0.717) is 47.7 Å². The Labute approximate surface area is 194 Å². The fourth-order valence-electron chi connectivity index (χ4n) is 4.45. The van der Waals surface area contributed by atoms with E-state index in [1.807, 2.05) is 10.6 Å². The zero-order valence-electron chi connectivity index (χ0n) is 18.4. The average molecular weight is 459 g/mol. The Balaban J connectivity index is 1.73. The Hall–Kier alpha value is -4.27. The van der Waals surface area contributed by atoms with E-state index in [4.69, 9.17) is 4.74 Å². The first-order valence-corrected chi connectivity index (χ1v) is 11.0. The lowest BCUT2D eigenvalue weighted by Gasteiger charge is -2.28. The predicted octanol–water partition coefficient (Wildman–Crippen LogP) is 5.01. The van der Waals surface area contributed by atoms with E-state index < -0.39 is 5.82 Å². The standard InChI is InChI=1S/C25H22FN5O3/c1-2-34-23-7-6-16(9-21(23)26)24-20(15-4-3-5-17(8-15)30-33)11-22-25(32)28-13-19(31(22)24)10-18-12-27-14-29-18/h3-9,11-12,14,19H,2,10,13H2,1H3,(H,27,29)(H,28,32)/t19-/m0/s1. The summed E-state index contributed by atoms with van der Waals surface area (Å²) in [6, 6.07) is 13.3. The van der Waals surface area contributed by atoms with E-state index in [1.165, 1.54) is 6.07 Å². The summed E-state index contributed by atoms with van der Waals surface area (Å²) >= 11 is 0. The van der Waals surface area contributed by atoms with Gasteiger partial charge in [0.25, 0.3) is 5.91 Å². The average Bonchev–Trinajstić information content (AvgIpc) is 3.51. The quantitative estimate of drug-likeness (QED) is 0.380. The molecule has 0 bridgehead atoms. The third kappa shape index (κ3) is 3.85. The number of H-pyrrole nitrogens is 1. The van der Waals surface area contributed by atoms with Gasteiger partial charge in [0.2, 0.25) is 0 Å². The van der Waals surface area contributed by atoms with Crippen molar-refractivity contribution in [3.05, 3.63) is 83.2 Å². The number of nitrogens with one attached hydrogen (secondary N) is 2.